The minimum atomic E-state index is -0.412. The van der Waals surface area contributed by atoms with Gasteiger partial charge in [0, 0.05) is 26.2 Å². The van der Waals surface area contributed by atoms with Gasteiger partial charge in [-0.05, 0) is 31.0 Å². The second kappa shape index (κ2) is 9.80. The van der Waals surface area contributed by atoms with Crippen molar-refractivity contribution >= 4 is 33.3 Å². The van der Waals surface area contributed by atoms with Gasteiger partial charge in [0.05, 0.1) is 18.2 Å². The molecule has 2 N–H and O–H groups in total. The van der Waals surface area contributed by atoms with Crippen LogP contribution < -0.4 is 15.5 Å². The number of ether oxygens (including phenoxy) is 1. The Kier molecular flexibility index (Phi) is 6.68. The van der Waals surface area contributed by atoms with Gasteiger partial charge in [-0.3, -0.25) is 10.1 Å². The molecule has 9 nitrogen and oxygen atoms in total. The lowest BCUT2D eigenvalue weighted by Crippen LogP contribution is -2.26. The Labute approximate surface area is 184 Å². The first-order valence-corrected chi connectivity index (χ1v) is 10.9. The van der Waals surface area contributed by atoms with Crippen molar-refractivity contribution in [1.29, 1.82) is 0 Å². The molecule has 162 valence electrons. The van der Waals surface area contributed by atoms with Gasteiger partial charge in [0.15, 0.2) is 5.82 Å². The van der Waals surface area contributed by atoms with Crippen molar-refractivity contribution in [3.05, 3.63) is 53.7 Å². The number of benzene rings is 1. The molecule has 1 fully saturated rings. The van der Waals surface area contributed by atoms with E-state index in [2.05, 4.69) is 35.9 Å². The van der Waals surface area contributed by atoms with Crippen LogP contribution in [0.25, 0.3) is 0 Å². The molecule has 10 heteroatoms. The Morgan fingerprint density at radius 2 is 1.97 bits per heavy atom. The number of nitrogens with zero attached hydrogens (tertiary/aromatic N) is 5. The van der Waals surface area contributed by atoms with E-state index in [0.29, 0.717) is 16.9 Å². The van der Waals surface area contributed by atoms with Crippen molar-refractivity contribution in [2.75, 3.05) is 42.3 Å². The number of nitrogens with one attached hydrogen (secondary N) is 2. The lowest BCUT2D eigenvalue weighted by Gasteiger charge is -2.17. The first-order chi connectivity index (χ1) is 15.1. The Morgan fingerprint density at radius 1 is 1.16 bits per heavy atom. The molecule has 0 unspecified atom stereocenters. The van der Waals surface area contributed by atoms with Gasteiger partial charge in [0.1, 0.15) is 0 Å². The highest BCUT2D eigenvalue weighted by Crippen LogP contribution is 2.26. The Balaban J connectivity index is 1.34. The fraction of sp³-hybridized carbons (Fsp3) is 0.381. The van der Waals surface area contributed by atoms with Crippen molar-refractivity contribution in [3.63, 3.8) is 0 Å². The normalized spacial score (nSPS) is 16.8. The predicted octanol–water partition coefficient (Wildman–Crippen LogP) is 2.70. The standard InChI is InChI=1S/C21H25N7O2S/c1-14-8-9-18(25-24-14)28-11-10-16(12-28)22-20-26-27-21(31-20)23-19(29)17(13-30-2)15-6-4-3-5-7-15/h3-9,16-17H,10-13H2,1-2H3,(H,22,26)(H,23,27,29)/t16-,17+/m1/s1. The Hall–Kier alpha value is -3.11. The van der Waals surface area contributed by atoms with E-state index in [-0.39, 0.29) is 11.9 Å². The van der Waals surface area contributed by atoms with Gasteiger partial charge in [-0.15, -0.1) is 15.3 Å². The largest absolute Gasteiger partial charge is 0.384 e. The van der Waals surface area contributed by atoms with Crippen LogP contribution in [-0.2, 0) is 9.53 Å². The van der Waals surface area contributed by atoms with Gasteiger partial charge in [0.25, 0.3) is 0 Å². The number of carbonyl (C=O) groups is 1. The second-order valence-electron chi connectivity index (χ2n) is 7.43. The summed E-state index contributed by atoms with van der Waals surface area (Å²) in [4.78, 5) is 15.0. The lowest BCUT2D eigenvalue weighted by molar-refractivity contribution is -0.118. The molecule has 0 bridgehead atoms. The number of rotatable bonds is 8. The van der Waals surface area contributed by atoms with E-state index in [1.165, 1.54) is 11.3 Å². The van der Waals surface area contributed by atoms with Crippen LogP contribution in [-0.4, -0.2) is 59.1 Å². The minimum Gasteiger partial charge on any atom is -0.384 e. The van der Waals surface area contributed by atoms with Crippen molar-refractivity contribution in [3.8, 4) is 0 Å². The molecule has 0 spiro atoms. The van der Waals surface area contributed by atoms with Gasteiger partial charge in [-0.25, -0.2) is 0 Å². The van der Waals surface area contributed by atoms with E-state index in [9.17, 15) is 4.79 Å². The first kappa shape index (κ1) is 21.1. The zero-order chi connectivity index (χ0) is 21.6. The summed E-state index contributed by atoms with van der Waals surface area (Å²) >= 11 is 1.33. The fourth-order valence-electron chi connectivity index (χ4n) is 3.52. The molecule has 0 aliphatic carbocycles. The van der Waals surface area contributed by atoms with E-state index < -0.39 is 5.92 Å². The predicted molar refractivity (Wildman–Crippen MR) is 121 cm³/mol. The van der Waals surface area contributed by atoms with Crippen LogP contribution in [0.15, 0.2) is 42.5 Å². The minimum absolute atomic E-state index is 0.166. The highest BCUT2D eigenvalue weighted by atomic mass is 32.1. The summed E-state index contributed by atoms with van der Waals surface area (Å²) in [5.41, 5.74) is 1.80. The fourth-order valence-corrected chi connectivity index (χ4v) is 4.24. The molecule has 1 aliphatic rings. The summed E-state index contributed by atoms with van der Waals surface area (Å²) in [7, 11) is 1.59. The smallest absolute Gasteiger partial charge is 0.236 e. The average molecular weight is 440 g/mol. The van der Waals surface area contributed by atoms with E-state index in [4.69, 9.17) is 4.74 Å². The molecule has 1 saturated heterocycles. The zero-order valence-corrected chi connectivity index (χ0v) is 18.3. The molecule has 2 atom stereocenters. The van der Waals surface area contributed by atoms with Gasteiger partial charge < -0.3 is 15.0 Å². The molecule has 3 aromatic rings. The summed E-state index contributed by atoms with van der Waals surface area (Å²) in [6.45, 7) is 3.92. The molecular weight excluding hydrogens is 414 g/mol. The molecule has 0 saturated carbocycles. The third kappa shape index (κ3) is 5.33. The molecular formula is C21H25N7O2S. The van der Waals surface area contributed by atoms with Gasteiger partial charge in [-0.1, -0.05) is 41.7 Å². The summed E-state index contributed by atoms with van der Waals surface area (Å²) in [6, 6.07) is 13.8. The number of hydrogen-bond donors (Lipinski definition) is 2. The summed E-state index contributed by atoms with van der Waals surface area (Å²) < 4.78 is 5.24. The number of aromatic nitrogens is 4. The molecule has 0 radical (unpaired) electrons. The van der Waals surface area contributed by atoms with Crippen LogP contribution in [0, 0.1) is 6.92 Å². The number of amides is 1. The first-order valence-electron chi connectivity index (χ1n) is 10.1. The molecule has 4 rings (SSSR count). The maximum atomic E-state index is 12.8. The number of methoxy groups -OCH3 is 1. The molecule has 2 aromatic heterocycles. The quantitative estimate of drug-likeness (QED) is 0.552. The van der Waals surface area contributed by atoms with E-state index in [1.54, 1.807) is 7.11 Å². The van der Waals surface area contributed by atoms with Crippen LogP contribution in [0.5, 0.6) is 0 Å². The van der Waals surface area contributed by atoms with Crippen LogP contribution >= 0.6 is 11.3 Å². The monoisotopic (exact) mass is 439 g/mol. The van der Waals surface area contributed by atoms with Crippen molar-refractivity contribution < 1.29 is 9.53 Å². The SMILES string of the molecule is COC[C@H](C(=O)Nc1nnc(N[C@@H]2CCN(c3ccc(C)nn3)C2)s1)c1ccccc1. The number of carbonyl (C=O) groups excluding carboxylic acids is 1. The van der Waals surface area contributed by atoms with Crippen LogP contribution in [0.4, 0.5) is 16.1 Å². The van der Waals surface area contributed by atoms with Gasteiger partial charge in [-0.2, -0.15) is 5.10 Å². The number of hydrogen-bond acceptors (Lipinski definition) is 9. The van der Waals surface area contributed by atoms with Crippen LogP contribution in [0.3, 0.4) is 0 Å². The van der Waals surface area contributed by atoms with Gasteiger partial charge >= 0.3 is 0 Å². The lowest BCUT2D eigenvalue weighted by atomic mass is 9.99. The maximum absolute atomic E-state index is 12.8. The van der Waals surface area contributed by atoms with E-state index in [0.717, 1.165) is 36.6 Å². The Bertz CT molecular complexity index is 996. The van der Waals surface area contributed by atoms with Crippen LogP contribution in [0.2, 0.25) is 0 Å². The molecule has 1 aromatic carbocycles. The van der Waals surface area contributed by atoms with Crippen molar-refractivity contribution in [2.24, 2.45) is 0 Å². The van der Waals surface area contributed by atoms with Crippen LogP contribution in [0.1, 0.15) is 23.6 Å². The highest BCUT2D eigenvalue weighted by molar-refractivity contribution is 7.19. The third-order valence-corrected chi connectivity index (χ3v) is 5.90. The Morgan fingerprint density at radius 3 is 2.71 bits per heavy atom. The zero-order valence-electron chi connectivity index (χ0n) is 17.5. The number of aryl methyl sites for hydroxylation is 1. The summed E-state index contributed by atoms with van der Waals surface area (Å²) in [5.74, 6) is 0.302. The second-order valence-corrected chi connectivity index (χ2v) is 8.41. The summed E-state index contributed by atoms with van der Waals surface area (Å²) in [5, 5.41) is 24.1. The summed E-state index contributed by atoms with van der Waals surface area (Å²) in [6.07, 6.45) is 0.959. The molecule has 31 heavy (non-hydrogen) atoms. The average Bonchev–Trinajstić information content (AvgIpc) is 3.43. The topological polar surface area (TPSA) is 105 Å². The van der Waals surface area contributed by atoms with Gasteiger partial charge in [0.2, 0.25) is 16.2 Å². The molecule has 1 aliphatic heterocycles. The molecule has 1 amide bonds. The van der Waals surface area contributed by atoms with Crippen molar-refractivity contribution in [2.45, 2.75) is 25.3 Å². The third-order valence-electron chi connectivity index (χ3n) is 5.13. The highest BCUT2D eigenvalue weighted by Gasteiger charge is 2.25. The number of anilines is 3. The van der Waals surface area contributed by atoms with E-state index >= 15 is 0 Å². The van der Waals surface area contributed by atoms with Crippen molar-refractivity contribution in [1.82, 2.24) is 20.4 Å². The maximum Gasteiger partial charge on any atom is 0.236 e. The molecule has 3 heterocycles. The van der Waals surface area contributed by atoms with E-state index in [1.807, 2.05) is 49.4 Å².